The van der Waals surface area contributed by atoms with Gasteiger partial charge in [0.15, 0.2) is 0 Å². The molecule has 0 aromatic rings. The van der Waals surface area contributed by atoms with Gasteiger partial charge in [-0.05, 0) is 37.8 Å². The molecular weight excluding hydrogens is 224 g/mol. The average Bonchev–Trinajstić information content (AvgIpc) is 2.41. The number of nitrogens with one attached hydrogen (secondary N) is 1. The fourth-order valence-electron chi connectivity index (χ4n) is 3.02. The topological polar surface area (TPSA) is 35.5 Å². The first-order valence-electron chi connectivity index (χ1n) is 7.77. The third kappa shape index (κ3) is 5.25. The van der Waals surface area contributed by atoms with E-state index in [0.717, 1.165) is 32.1 Å². The summed E-state index contributed by atoms with van der Waals surface area (Å²) in [6.07, 6.45) is 5.23. The van der Waals surface area contributed by atoms with Crippen molar-refractivity contribution in [2.75, 3.05) is 32.8 Å². The van der Waals surface area contributed by atoms with Crippen LogP contribution < -0.4 is 5.32 Å². The van der Waals surface area contributed by atoms with Gasteiger partial charge in [0.05, 0.1) is 6.61 Å². The Balaban J connectivity index is 2.24. The van der Waals surface area contributed by atoms with E-state index in [4.69, 9.17) is 0 Å². The quantitative estimate of drug-likeness (QED) is 0.698. The molecule has 3 heteroatoms. The summed E-state index contributed by atoms with van der Waals surface area (Å²) in [6, 6.07) is 0.313. The zero-order chi connectivity index (χ0) is 13.4. The minimum atomic E-state index is 0.289. The SMILES string of the molecule is CCN(CC)CCNC(CO)C1CCC(C)CC1. The van der Waals surface area contributed by atoms with Gasteiger partial charge in [0.25, 0.3) is 0 Å². The Labute approximate surface area is 113 Å². The number of aliphatic hydroxyl groups is 1. The third-order valence-corrected chi connectivity index (χ3v) is 4.56. The summed E-state index contributed by atoms with van der Waals surface area (Å²) < 4.78 is 0. The molecule has 1 atom stereocenters. The van der Waals surface area contributed by atoms with Crippen molar-refractivity contribution in [2.24, 2.45) is 11.8 Å². The predicted octanol–water partition coefficient (Wildman–Crippen LogP) is 2.10. The van der Waals surface area contributed by atoms with E-state index in [1.807, 2.05) is 0 Å². The number of likely N-dealkylation sites (N-methyl/N-ethyl adjacent to an activating group) is 1. The number of hydrogen-bond donors (Lipinski definition) is 2. The van der Waals surface area contributed by atoms with Crippen LogP contribution in [0.3, 0.4) is 0 Å². The summed E-state index contributed by atoms with van der Waals surface area (Å²) in [4.78, 5) is 2.42. The van der Waals surface area contributed by atoms with Crippen LogP contribution in [0.2, 0.25) is 0 Å². The number of nitrogens with zero attached hydrogens (tertiary/aromatic N) is 1. The molecule has 3 nitrogen and oxygen atoms in total. The van der Waals surface area contributed by atoms with Crippen molar-refractivity contribution < 1.29 is 5.11 Å². The average molecular weight is 256 g/mol. The Bertz CT molecular complexity index is 199. The highest BCUT2D eigenvalue weighted by Gasteiger charge is 2.25. The Morgan fingerprint density at radius 3 is 2.28 bits per heavy atom. The van der Waals surface area contributed by atoms with Gasteiger partial charge in [-0.2, -0.15) is 0 Å². The van der Waals surface area contributed by atoms with Gasteiger partial charge in [-0.3, -0.25) is 0 Å². The molecule has 1 rings (SSSR count). The van der Waals surface area contributed by atoms with Crippen molar-refractivity contribution in [3.8, 4) is 0 Å². The summed E-state index contributed by atoms with van der Waals surface area (Å²) >= 11 is 0. The number of rotatable bonds is 8. The molecule has 0 amide bonds. The summed E-state index contributed by atoms with van der Waals surface area (Å²) in [5, 5.41) is 13.1. The van der Waals surface area contributed by atoms with E-state index < -0.39 is 0 Å². The first-order valence-corrected chi connectivity index (χ1v) is 7.77. The molecule has 18 heavy (non-hydrogen) atoms. The first kappa shape index (κ1) is 15.9. The predicted molar refractivity (Wildman–Crippen MR) is 77.8 cm³/mol. The van der Waals surface area contributed by atoms with Crippen molar-refractivity contribution >= 4 is 0 Å². The molecule has 0 radical (unpaired) electrons. The van der Waals surface area contributed by atoms with Gasteiger partial charge in [-0.15, -0.1) is 0 Å². The Hall–Kier alpha value is -0.120. The van der Waals surface area contributed by atoms with Crippen LogP contribution in [0.5, 0.6) is 0 Å². The summed E-state index contributed by atoms with van der Waals surface area (Å²) in [7, 11) is 0. The molecule has 0 aromatic heterocycles. The van der Waals surface area contributed by atoms with Crippen LogP contribution in [0.15, 0.2) is 0 Å². The van der Waals surface area contributed by atoms with E-state index in [-0.39, 0.29) is 6.61 Å². The van der Waals surface area contributed by atoms with Crippen molar-refractivity contribution in [3.05, 3.63) is 0 Å². The van der Waals surface area contributed by atoms with Crippen LogP contribution in [0.25, 0.3) is 0 Å². The number of hydrogen-bond acceptors (Lipinski definition) is 3. The Kier molecular flexibility index (Phi) is 7.87. The van der Waals surface area contributed by atoms with Gasteiger partial charge < -0.3 is 15.3 Å². The van der Waals surface area contributed by atoms with Gasteiger partial charge in [0.2, 0.25) is 0 Å². The monoisotopic (exact) mass is 256 g/mol. The molecule has 1 aliphatic rings. The zero-order valence-corrected chi connectivity index (χ0v) is 12.5. The molecule has 1 fully saturated rings. The second-order valence-electron chi connectivity index (χ2n) is 5.79. The van der Waals surface area contributed by atoms with Crippen LogP contribution >= 0.6 is 0 Å². The maximum Gasteiger partial charge on any atom is 0.0587 e. The van der Waals surface area contributed by atoms with Crippen LogP contribution in [-0.2, 0) is 0 Å². The standard InChI is InChI=1S/C15H32N2O/c1-4-17(5-2)11-10-16-15(12-18)14-8-6-13(3)7-9-14/h13-16,18H,4-12H2,1-3H3. The highest BCUT2D eigenvalue weighted by Crippen LogP contribution is 2.30. The first-order chi connectivity index (χ1) is 8.71. The Morgan fingerprint density at radius 2 is 1.78 bits per heavy atom. The lowest BCUT2D eigenvalue weighted by Crippen LogP contribution is -2.44. The minimum absolute atomic E-state index is 0.289. The smallest absolute Gasteiger partial charge is 0.0587 e. The summed E-state index contributed by atoms with van der Waals surface area (Å²) in [5.74, 6) is 1.57. The molecule has 1 aliphatic carbocycles. The molecule has 0 heterocycles. The van der Waals surface area contributed by atoms with Gasteiger partial charge in [-0.1, -0.05) is 33.6 Å². The summed E-state index contributed by atoms with van der Waals surface area (Å²) in [5.41, 5.74) is 0. The lowest BCUT2D eigenvalue weighted by atomic mass is 9.79. The van der Waals surface area contributed by atoms with E-state index in [2.05, 4.69) is 31.0 Å². The molecule has 108 valence electrons. The molecular formula is C15H32N2O. The van der Waals surface area contributed by atoms with E-state index in [9.17, 15) is 5.11 Å². The molecule has 1 saturated carbocycles. The van der Waals surface area contributed by atoms with Crippen LogP contribution in [0.4, 0.5) is 0 Å². The largest absolute Gasteiger partial charge is 0.395 e. The van der Waals surface area contributed by atoms with Gasteiger partial charge in [0.1, 0.15) is 0 Å². The molecule has 0 aliphatic heterocycles. The van der Waals surface area contributed by atoms with E-state index in [0.29, 0.717) is 12.0 Å². The van der Waals surface area contributed by atoms with Crippen molar-refractivity contribution in [2.45, 2.75) is 52.5 Å². The normalized spacial score (nSPS) is 26.5. The van der Waals surface area contributed by atoms with Crippen LogP contribution in [0, 0.1) is 11.8 Å². The highest BCUT2D eigenvalue weighted by atomic mass is 16.3. The van der Waals surface area contributed by atoms with Gasteiger partial charge >= 0.3 is 0 Å². The van der Waals surface area contributed by atoms with E-state index >= 15 is 0 Å². The molecule has 0 bridgehead atoms. The van der Waals surface area contributed by atoms with E-state index in [1.165, 1.54) is 25.7 Å². The van der Waals surface area contributed by atoms with Crippen molar-refractivity contribution in [1.29, 1.82) is 0 Å². The lowest BCUT2D eigenvalue weighted by molar-refractivity contribution is 0.154. The highest BCUT2D eigenvalue weighted by molar-refractivity contribution is 4.80. The van der Waals surface area contributed by atoms with Gasteiger partial charge in [0, 0.05) is 19.1 Å². The Morgan fingerprint density at radius 1 is 1.17 bits per heavy atom. The lowest BCUT2D eigenvalue weighted by Gasteiger charge is -2.33. The maximum absolute atomic E-state index is 9.55. The van der Waals surface area contributed by atoms with Crippen molar-refractivity contribution in [3.63, 3.8) is 0 Å². The third-order valence-electron chi connectivity index (χ3n) is 4.56. The van der Waals surface area contributed by atoms with Gasteiger partial charge in [-0.25, -0.2) is 0 Å². The molecule has 2 N–H and O–H groups in total. The van der Waals surface area contributed by atoms with Crippen LogP contribution in [-0.4, -0.2) is 48.8 Å². The van der Waals surface area contributed by atoms with Crippen LogP contribution in [0.1, 0.15) is 46.5 Å². The molecule has 0 saturated heterocycles. The van der Waals surface area contributed by atoms with E-state index in [1.54, 1.807) is 0 Å². The zero-order valence-electron chi connectivity index (χ0n) is 12.5. The minimum Gasteiger partial charge on any atom is -0.395 e. The fourth-order valence-corrected chi connectivity index (χ4v) is 3.02. The second kappa shape index (κ2) is 8.89. The molecule has 0 spiro atoms. The fraction of sp³-hybridized carbons (Fsp3) is 1.00. The second-order valence-corrected chi connectivity index (χ2v) is 5.79. The summed E-state index contributed by atoms with van der Waals surface area (Å²) in [6.45, 7) is 11.4. The van der Waals surface area contributed by atoms with Crippen molar-refractivity contribution in [1.82, 2.24) is 10.2 Å². The molecule has 0 aromatic carbocycles. The number of aliphatic hydroxyl groups excluding tert-OH is 1. The molecule has 1 unspecified atom stereocenters. The maximum atomic E-state index is 9.55.